The highest BCUT2D eigenvalue weighted by Gasteiger charge is 2.20. The van der Waals surface area contributed by atoms with Crippen molar-refractivity contribution in [2.24, 2.45) is 0 Å². The van der Waals surface area contributed by atoms with E-state index in [4.69, 9.17) is 19.4 Å². The number of nitrogens with one attached hydrogen (secondary N) is 2. The number of aromatic amines is 2. The topological polar surface area (TPSA) is 119 Å². The van der Waals surface area contributed by atoms with E-state index in [-0.39, 0.29) is 13.2 Å². The third-order valence-corrected chi connectivity index (χ3v) is 10.2. The first-order valence-corrected chi connectivity index (χ1v) is 19.3. The average molecular weight is 775 g/mol. The first-order chi connectivity index (χ1) is 29.0. The van der Waals surface area contributed by atoms with E-state index in [2.05, 4.69) is 112 Å². The van der Waals surface area contributed by atoms with E-state index < -0.39 is 18.4 Å². The largest absolute Gasteiger partial charge is 0.490 e. The fourth-order valence-corrected chi connectivity index (χ4v) is 7.51. The summed E-state index contributed by atoms with van der Waals surface area (Å²) < 4.78 is 15.5. The van der Waals surface area contributed by atoms with Gasteiger partial charge in [0.25, 0.3) is 0 Å². The zero-order valence-corrected chi connectivity index (χ0v) is 32.1. The molecule has 288 valence electrons. The molecule has 0 saturated carbocycles. The summed E-state index contributed by atoms with van der Waals surface area (Å²) in [5.41, 5.74) is 14.9. The van der Waals surface area contributed by atoms with Gasteiger partial charge in [-0.25, -0.2) is 9.97 Å². The van der Waals surface area contributed by atoms with Gasteiger partial charge in [-0.1, -0.05) is 103 Å². The van der Waals surface area contributed by atoms with Gasteiger partial charge in [0.2, 0.25) is 0 Å². The Morgan fingerprint density at radius 2 is 0.864 bits per heavy atom. The lowest BCUT2D eigenvalue weighted by Gasteiger charge is -2.09. The molecule has 9 nitrogen and oxygen atoms in total. The number of ether oxygens (including phenoxy) is 3. The first kappa shape index (κ1) is 36.8. The van der Waals surface area contributed by atoms with Crippen LogP contribution in [0, 0.1) is 0 Å². The van der Waals surface area contributed by atoms with Gasteiger partial charge in [-0.05, 0) is 83.0 Å². The molecule has 0 atom stereocenters. The smallest absolute Gasteiger partial charge is 0.317 e. The predicted octanol–water partition coefficient (Wildman–Crippen LogP) is 10.8. The number of esters is 2. The van der Waals surface area contributed by atoms with Crippen LogP contribution in [0.3, 0.4) is 0 Å². The third kappa shape index (κ3) is 7.69. The lowest BCUT2D eigenvalue weighted by molar-refractivity contribution is -0.153. The van der Waals surface area contributed by atoms with Gasteiger partial charge >= 0.3 is 11.9 Å². The first-order valence-electron chi connectivity index (χ1n) is 19.3. The van der Waals surface area contributed by atoms with Gasteiger partial charge in [-0.3, -0.25) is 9.59 Å². The van der Waals surface area contributed by atoms with Crippen molar-refractivity contribution in [3.63, 3.8) is 0 Å². The molecule has 9 rings (SSSR count). The number of H-pyrrole nitrogens is 2. The van der Waals surface area contributed by atoms with Crippen LogP contribution >= 0.6 is 0 Å². The van der Waals surface area contributed by atoms with Crippen molar-refractivity contribution in [2.75, 3.05) is 20.3 Å². The summed E-state index contributed by atoms with van der Waals surface area (Å²) in [6.45, 7) is 0.109. The molecule has 0 aliphatic carbocycles. The Bertz CT molecular complexity index is 2780. The van der Waals surface area contributed by atoms with Crippen LogP contribution in [0.5, 0.6) is 5.75 Å². The van der Waals surface area contributed by atoms with Crippen LogP contribution in [0.2, 0.25) is 0 Å². The molecule has 0 unspecified atom stereocenters. The molecule has 2 aliphatic heterocycles. The number of benzene rings is 4. The number of hydrogen-bond acceptors (Lipinski definition) is 7. The maximum atomic E-state index is 11.9. The van der Waals surface area contributed by atoms with Crippen molar-refractivity contribution in [1.29, 1.82) is 0 Å². The molecule has 5 heterocycles. The number of carbonyl (C=O) groups is 2. The Morgan fingerprint density at radius 3 is 1.32 bits per heavy atom. The maximum absolute atomic E-state index is 11.9. The highest BCUT2D eigenvalue weighted by atomic mass is 16.6. The van der Waals surface area contributed by atoms with Gasteiger partial charge in [0, 0.05) is 44.3 Å². The van der Waals surface area contributed by atoms with Crippen molar-refractivity contribution in [1.82, 2.24) is 19.9 Å². The van der Waals surface area contributed by atoms with Crippen molar-refractivity contribution < 1.29 is 23.8 Å². The summed E-state index contributed by atoms with van der Waals surface area (Å²) in [7, 11) is 1.22. The minimum Gasteiger partial charge on any atom is -0.490 e. The van der Waals surface area contributed by atoms with E-state index in [1.54, 1.807) is 0 Å². The monoisotopic (exact) mass is 774 g/mol. The van der Waals surface area contributed by atoms with Crippen molar-refractivity contribution in [2.45, 2.75) is 6.42 Å². The van der Waals surface area contributed by atoms with Crippen LogP contribution < -0.4 is 4.74 Å². The maximum Gasteiger partial charge on any atom is 0.317 e. The molecule has 0 spiro atoms. The SMILES string of the molecule is COC(=O)CC(=O)OCCOc1ccc(-c2c3nc(c(-c4ccccc4)c4ccc([nH]4)c(-c4ccccc4)c4ccc([nH]4)c(-c4ccccc4)c4nc2C=C4)C=C3)cc1. The van der Waals surface area contributed by atoms with Crippen LogP contribution in [0.4, 0.5) is 0 Å². The van der Waals surface area contributed by atoms with Crippen LogP contribution in [0.25, 0.3) is 90.9 Å². The number of hydrogen-bond donors (Lipinski definition) is 2. The molecule has 3 aromatic heterocycles. The summed E-state index contributed by atoms with van der Waals surface area (Å²) in [6.07, 6.45) is 7.80. The second kappa shape index (κ2) is 16.4. The molecule has 59 heavy (non-hydrogen) atoms. The molecule has 9 heteroatoms. The van der Waals surface area contributed by atoms with Gasteiger partial charge in [-0.15, -0.1) is 0 Å². The molecule has 2 aliphatic rings. The van der Waals surface area contributed by atoms with E-state index in [1.165, 1.54) is 7.11 Å². The standard InChI is InChI=1S/C50H38N4O5/c1-57-45(55)31-46(56)59-30-29-58-36-19-17-35(18-20-36)50-43-27-25-41(53-43)48(33-13-7-3-8-14-33)39-23-21-37(51-39)47(32-11-5-2-6-12-32)38-22-24-40(52-38)49(34-15-9-4-10-16-34)42-26-28-44(50)54-42/h2-28,51-52H,29-31H2,1H3. The summed E-state index contributed by atoms with van der Waals surface area (Å²) in [4.78, 5) is 41.5. The highest BCUT2D eigenvalue weighted by molar-refractivity contribution is 6.00. The van der Waals surface area contributed by atoms with Gasteiger partial charge in [0.1, 0.15) is 25.4 Å². The fourth-order valence-electron chi connectivity index (χ4n) is 7.51. The molecule has 7 aromatic rings. The van der Waals surface area contributed by atoms with E-state index in [0.29, 0.717) is 5.75 Å². The Labute approximate surface area is 340 Å². The van der Waals surface area contributed by atoms with E-state index in [0.717, 1.165) is 89.4 Å². The second-order valence-electron chi connectivity index (χ2n) is 13.9. The molecule has 4 aromatic carbocycles. The number of aromatic nitrogens is 4. The van der Waals surface area contributed by atoms with Crippen molar-refractivity contribution in [3.05, 3.63) is 162 Å². The molecule has 8 bridgehead atoms. The molecule has 0 fully saturated rings. The van der Waals surface area contributed by atoms with Crippen LogP contribution in [0.15, 0.2) is 140 Å². The Balaban J connectivity index is 1.25. The van der Waals surface area contributed by atoms with E-state index >= 15 is 0 Å². The normalized spacial score (nSPS) is 11.7. The lowest BCUT2D eigenvalue weighted by Crippen LogP contribution is -2.16. The second-order valence-corrected chi connectivity index (χ2v) is 13.9. The molecule has 0 radical (unpaired) electrons. The zero-order chi connectivity index (χ0) is 40.1. The summed E-state index contributed by atoms with van der Waals surface area (Å²) in [5.74, 6) is -0.726. The highest BCUT2D eigenvalue weighted by Crippen LogP contribution is 2.38. The summed E-state index contributed by atoms with van der Waals surface area (Å²) in [6, 6.07) is 47.3. The van der Waals surface area contributed by atoms with Crippen LogP contribution in [-0.4, -0.2) is 52.2 Å². The molecular weight excluding hydrogens is 737 g/mol. The predicted molar refractivity (Wildman–Crippen MR) is 234 cm³/mol. The van der Waals surface area contributed by atoms with Crippen LogP contribution in [0.1, 0.15) is 29.2 Å². The zero-order valence-electron chi connectivity index (χ0n) is 32.1. The molecule has 0 saturated heterocycles. The Morgan fingerprint density at radius 1 is 0.458 bits per heavy atom. The minimum atomic E-state index is -0.667. The minimum absolute atomic E-state index is 0.00785. The molecular formula is C50H38N4O5. The van der Waals surface area contributed by atoms with Gasteiger partial charge in [0.05, 0.1) is 29.9 Å². The van der Waals surface area contributed by atoms with E-state index in [9.17, 15) is 9.59 Å². The van der Waals surface area contributed by atoms with Gasteiger partial charge in [0.15, 0.2) is 0 Å². The number of rotatable bonds is 10. The number of methoxy groups -OCH3 is 1. The Hall–Kier alpha value is -7.78. The van der Waals surface area contributed by atoms with Gasteiger partial charge in [-0.2, -0.15) is 0 Å². The fraction of sp³-hybridized carbons (Fsp3) is 0.0800. The number of nitrogens with zero attached hydrogens (tertiary/aromatic N) is 2. The summed E-state index contributed by atoms with van der Waals surface area (Å²) in [5, 5.41) is 0. The van der Waals surface area contributed by atoms with Gasteiger partial charge < -0.3 is 24.2 Å². The Kier molecular flexibility index (Phi) is 10.2. The van der Waals surface area contributed by atoms with Crippen molar-refractivity contribution >= 4 is 58.3 Å². The molecule has 0 amide bonds. The number of fused-ring (bicyclic) bond motifs is 8. The quantitative estimate of drug-likeness (QED) is 0.0806. The molecule has 2 N–H and O–H groups in total. The van der Waals surface area contributed by atoms with E-state index in [1.807, 2.05) is 66.7 Å². The summed E-state index contributed by atoms with van der Waals surface area (Å²) >= 11 is 0. The average Bonchev–Trinajstić information content (AvgIpc) is 4.12. The third-order valence-electron chi connectivity index (χ3n) is 10.2. The number of carbonyl (C=O) groups excluding carboxylic acids is 2. The van der Waals surface area contributed by atoms with Crippen molar-refractivity contribution in [3.8, 4) is 50.3 Å². The van der Waals surface area contributed by atoms with Crippen LogP contribution in [-0.2, 0) is 19.1 Å². The lowest BCUT2D eigenvalue weighted by atomic mass is 10.0.